The molecule has 102 valence electrons. The third-order valence-corrected chi connectivity index (χ3v) is 6.38. The summed E-state index contributed by atoms with van der Waals surface area (Å²) in [6, 6.07) is 1.42. The fourth-order valence-electron chi connectivity index (χ4n) is 1.94. The van der Waals surface area contributed by atoms with Crippen LogP contribution in [0.3, 0.4) is 0 Å². The van der Waals surface area contributed by atoms with Gasteiger partial charge in [0.15, 0.2) is 0 Å². The van der Waals surface area contributed by atoms with Crippen LogP contribution in [0.1, 0.15) is 13.8 Å². The Balaban J connectivity index is 2.34. The Morgan fingerprint density at radius 1 is 1.44 bits per heavy atom. The summed E-state index contributed by atoms with van der Waals surface area (Å²) >= 11 is 12.8. The van der Waals surface area contributed by atoms with Gasteiger partial charge in [-0.15, -0.1) is 11.3 Å². The Morgan fingerprint density at radius 3 is 2.61 bits per heavy atom. The van der Waals surface area contributed by atoms with E-state index in [1.54, 1.807) is 0 Å². The Hall–Kier alpha value is 0.150. The highest BCUT2D eigenvalue weighted by atomic mass is 35.5. The largest absolute Gasteiger partial charge is 0.309 e. The third kappa shape index (κ3) is 2.84. The van der Waals surface area contributed by atoms with Crippen molar-refractivity contribution in [1.82, 2.24) is 9.62 Å². The Morgan fingerprint density at radius 2 is 2.11 bits per heavy atom. The maximum Gasteiger partial charge on any atom is 0.245 e. The second-order valence-corrected chi connectivity index (χ2v) is 9.03. The molecule has 1 N–H and O–H groups in total. The van der Waals surface area contributed by atoms with E-state index in [4.69, 9.17) is 23.2 Å². The molecule has 1 saturated heterocycles. The van der Waals surface area contributed by atoms with Crippen molar-refractivity contribution in [3.05, 3.63) is 14.7 Å². The van der Waals surface area contributed by atoms with Gasteiger partial charge in [-0.1, -0.05) is 23.2 Å². The summed E-state index contributed by atoms with van der Waals surface area (Å²) in [5, 5.41) is 3.27. The smallest absolute Gasteiger partial charge is 0.245 e. The highest BCUT2D eigenvalue weighted by Gasteiger charge is 2.35. The molecule has 1 aromatic rings. The molecule has 18 heavy (non-hydrogen) atoms. The maximum atomic E-state index is 12.5. The van der Waals surface area contributed by atoms with E-state index in [1.807, 2.05) is 13.8 Å². The summed E-state index contributed by atoms with van der Waals surface area (Å²) in [6.07, 6.45) is 0. The molecule has 4 nitrogen and oxygen atoms in total. The molecule has 0 amide bonds. The van der Waals surface area contributed by atoms with Gasteiger partial charge in [0.2, 0.25) is 10.0 Å². The molecule has 0 atom stereocenters. The lowest BCUT2D eigenvalue weighted by Crippen LogP contribution is -2.58. The van der Waals surface area contributed by atoms with Gasteiger partial charge in [0.05, 0.1) is 4.34 Å². The van der Waals surface area contributed by atoms with E-state index in [-0.39, 0.29) is 14.8 Å². The molecule has 0 bridgehead atoms. The molecule has 0 unspecified atom stereocenters. The second-order valence-electron chi connectivity index (χ2n) is 4.84. The maximum absolute atomic E-state index is 12.5. The monoisotopic (exact) mass is 328 g/mol. The first kappa shape index (κ1) is 14.6. The van der Waals surface area contributed by atoms with Gasteiger partial charge in [0.25, 0.3) is 0 Å². The molecule has 0 aromatic carbocycles. The lowest BCUT2D eigenvalue weighted by molar-refractivity contribution is 0.233. The molecule has 1 aromatic heterocycles. The van der Waals surface area contributed by atoms with E-state index in [0.717, 1.165) is 11.3 Å². The van der Waals surface area contributed by atoms with Crippen LogP contribution in [0.15, 0.2) is 11.0 Å². The molecule has 1 aliphatic heterocycles. The van der Waals surface area contributed by atoms with Gasteiger partial charge < -0.3 is 5.32 Å². The van der Waals surface area contributed by atoms with Crippen LogP contribution in [-0.4, -0.2) is 37.9 Å². The first-order valence-corrected chi connectivity index (χ1v) is 8.44. The van der Waals surface area contributed by atoms with Crippen molar-refractivity contribution >= 4 is 44.6 Å². The molecule has 0 saturated carbocycles. The number of hydrogen-bond acceptors (Lipinski definition) is 4. The minimum atomic E-state index is -3.56. The van der Waals surface area contributed by atoms with Gasteiger partial charge in [-0.2, -0.15) is 4.31 Å². The van der Waals surface area contributed by atoms with Gasteiger partial charge in [0.1, 0.15) is 9.23 Å². The van der Waals surface area contributed by atoms with E-state index in [2.05, 4.69) is 5.32 Å². The number of rotatable bonds is 2. The average molecular weight is 329 g/mol. The summed E-state index contributed by atoms with van der Waals surface area (Å²) in [6.45, 7) is 5.42. The van der Waals surface area contributed by atoms with E-state index in [0.29, 0.717) is 24.0 Å². The zero-order valence-electron chi connectivity index (χ0n) is 10.0. The van der Waals surface area contributed by atoms with Crippen molar-refractivity contribution in [2.24, 2.45) is 0 Å². The van der Waals surface area contributed by atoms with Crippen LogP contribution in [0, 0.1) is 0 Å². The van der Waals surface area contributed by atoms with Crippen molar-refractivity contribution in [1.29, 1.82) is 0 Å². The number of nitrogens with one attached hydrogen (secondary N) is 1. The third-order valence-electron chi connectivity index (χ3n) is 2.78. The minimum absolute atomic E-state index is 0.108. The lowest BCUT2D eigenvalue weighted by atomic mass is 10.0. The van der Waals surface area contributed by atoms with Crippen LogP contribution in [0.5, 0.6) is 0 Å². The highest BCUT2D eigenvalue weighted by molar-refractivity contribution is 7.89. The second kappa shape index (κ2) is 4.92. The number of nitrogens with zero attached hydrogens (tertiary/aromatic N) is 1. The molecule has 8 heteroatoms. The van der Waals surface area contributed by atoms with E-state index in [9.17, 15) is 8.42 Å². The molecule has 2 heterocycles. The van der Waals surface area contributed by atoms with Crippen LogP contribution in [0.25, 0.3) is 0 Å². The van der Waals surface area contributed by atoms with Crippen molar-refractivity contribution in [3.63, 3.8) is 0 Å². The number of thiophene rings is 1. The Kier molecular flexibility index (Phi) is 3.98. The Bertz CT molecular complexity index is 554. The van der Waals surface area contributed by atoms with Crippen LogP contribution < -0.4 is 5.32 Å². The summed E-state index contributed by atoms with van der Waals surface area (Å²) in [5.74, 6) is 0. The van der Waals surface area contributed by atoms with E-state index < -0.39 is 10.0 Å². The predicted molar refractivity (Wildman–Crippen MR) is 75.2 cm³/mol. The fraction of sp³-hybridized carbons (Fsp3) is 0.600. The van der Waals surface area contributed by atoms with Gasteiger partial charge in [0, 0.05) is 25.2 Å². The molecule has 0 radical (unpaired) electrons. The topological polar surface area (TPSA) is 49.4 Å². The van der Waals surface area contributed by atoms with Crippen LogP contribution in [-0.2, 0) is 10.0 Å². The SMILES string of the molecule is CC1(C)CN(S(=O)(=O)c2cc(Cl)sc2Cl)CCN1. The highest BCUT2D eigenvalue weighted by Crippen LogP contribution is 2.36. The molecular formula is C10H14Cl2N2O2S2. The van der Waals surface area contributed by atoms with Crippen LogP contribution in [0.4, 0.5) is 0 Å². The quantitative estimate of drug-likeness (QED) is 0.907. The van der Waals surface area contributed by atoms with E-state index in [1.165, 1.54) is 10.4 Å². The first-order valence-electron chi connectivity index (χ1n) is 5.42. The van der Waals surface area contributed by atoms with Gasteiger partial charge in [-0.3, -0.25) is 0 Å². The lowest BCUT2D eigenvalue weighted by Gasteiger charge is -2.38. The molecular weight excluding hydrogens is 315 g/mol. The van der Waals surface area contributed by atoms with Crippen molar-refractivity contribution in [2.45, 2.75) is 24.3 Å². The summed E-state index contributed by atoms with van der Waals surface area (Å²) in [5.41, 5.74) is -0.238. The normalized spacial score (nSPS) is 21.1. The predicted octanol–water partition coefficient (Wildman–Crippen LogP) is 2.43. The van der Waals surface area contributed by atoms with Crippen LogP contribution >= 0.6 is 34.5 Å². The number of sulfonamides is 1. The molecule has 0 aliphatic carbocycles. The zero-order chi connectivity index (χ0) is 13.6. The summed E-state index contributed by atoms with van der Waals surface area (Å²) in [4.78, 5) is 0.108. The molecule has 1 fully saturated rings. The van der Waals surface area contributed by atoms with Crippen molar-refractivity contribution in [3.8, 4) is 0 Å². The zero-order valence-corrected chi connectivity index (χ0v) is 13.2. The summed E-state index contributed by atoms with van der Waals surface area (Å²) < 4.78 is 27.0. The number of piperazine rings is 1. The van der Waals surface area contributed by atoms with Gasteiger partial charge in [-0.05, 0) is 19.9 Å². The van der Waals surface area contributed by atoms with Gasteiger partial charge in [-0.25, -0.2) is 8.42 Å². The van der Waals surface area contributed by atoms with Crippen LogP contribution in [0.2, 0.25) is 8.67 Å². The van der Waals surface area contributed by atoms with E-state index >= 15 is 0 Å². The van der Waals surface area contributed by atoms with Gasteiger partial charge >= 0.3 is 0 Å². The first-order chi connectivity index (χ1) is 8.22. The molecule has 2 rings (SSSR count). The average Bonchev–Trinajstić information content (AvgIpc) is 2.57. The van der Waals surface area contributed by atoms with Crippen molar-refractivity contribution in [2.75, 3.05) is 19.6 Å². The fourth-order valence-corrected chi connectivity index (χ4v) is 5.66. The standard InChI is InChI=1S/C10H14Cl2N2O2S2/c1-10(2)6-14(4-3-13-10)18(15,16)7-5-8(11)17-9(7)12/h5,13H,3-4,6H2,1-2H3. The number of halogens is 2. The number of hydrogen-bond donors (Lipinski definition) is 1. The molecule has 1 aliphatic rings. The molecule has 0 spiro atoms. The summed E-state index contributed by atoms with van der Waals surface area (Å²) in [7, 11) is -3.56. The van der Waals surface area contributed by atoms with Crippen molar-refractivity contribution < 1.29 is 8.42 Å². The minimum Gasteiger partial charge on any atom is -0.309 e. The Labute approximate surface area is 121 Å².